The molecule has 192 valence electrons. The maximum absolute atomic E-state index is 12.1. The fourth-order valence-corrected chi connectivity index (χ4v) is 8.91. The number of ketones is 1. The van der Waals surface area contributed by atoms with Gasteiger partial charge in [-0.05, 0) is 85.9 Å². The lowest BCUT2D eigenvalue weighted by Crippen LogP contribution is -2.58. The lowest BCUT2D eigenvalue weighted by molar-refractivity contribution is -0.166. The molecular formula is C26H41NO6S. The van der Waals surface area contributed by atoms with E-state index in [1.807, 2.05) is 6.08 Å². The Kier molecular flexibility index (Phi) is 7.08. The SMILES string of the molecule is C/C(=C\CC(=O)NCCS(=O)(=O)O)[C@H]1CC[C@H]2[C@@H]3[C@H](O)C[C@H]4CC(=O)CC[C@]4(C)[C@H]3CC[C@]12C. The first-order valence-corrected chi connectivity index (χ1v) is 14.5. The van der Waals surface area contributed by atoms with Crippen molar-refractivity contribution in [2.75, 3.05) is 12.3 Å². The molecule has 0 aromatic carbocycles. The number of fused-ring (bicyclic) bond motifs is 5. The van der Waals surface area contributed by atoms with Gasteiger partial charge in [-0.25, -0.2) is 0 Å². The van der Waals surface area contributed by atoms with Crippen molar-refractivity contribution in [3.05, 3.63) is 11.6 Å². The molecule has 4 aliphatic carbocycles. The largest absolute Gasteiger partial charge is 0.393 e. The number of nitrogens with one attached hydrogen (secondary N) is 1. The molecule has 0 radical (unpaired) electrons. The topological polar surface area (TPSA) is 121 Å². The van der Waals surface area contributed by atoms with Crippen LogP contribution in [-0.4, -0.2) is 48.2 Å². The maximum atomic E-state index is 12.1. The monoisotopic (exact) mass is 495 g/mol. The molecule has 0 unspecified atom stereocenters. The van der Waals surface area contributed by atoms with Crippen LogP contribution in [0.25, 0.3) is 0 Å². The van der Waals surface area contributed by atoms with Crippen molar-refractivity contribution in [3.63, 3.8) is 0 Å². The molecule has 8 atom stereocenters. The van der Waals surface area contributed by atoms with E-state index in [1.54, 1.807) is 0 Å². The van der Waals surface area contributed by atoms with Crippen LogP contribution in [0.15, 0.2) is 11.6 Å². The summed E-state index contributed by atoms with van der Waals surface area (Å²) in [7, 11) is -4.08. The van der Waals surface area contributed by atoms with Gasteiger partial charge in [-0.3, -0.25) is 14.1 Å². The van der Waals surface area contributed by atoms with Gasteiger partial charge in [0.2, 0.25) is 5.91 Å². The zero-order valence-corrected chi connectivity index (χ0v) is 21.6. The van der Waals surface area contributed by atoms with Gasteiger partial charge >= 0.3 is 0 Å². The first-order chi connectivity index (χ1) is 15.8. The standard InChI is InChI=1S/C26H41NO6S/c1-16(4-7-23(30)27-12-13-34(31,32)33)19-5-6-20-24-21(9-11-26(19,20)3)25(2)10-8-18(28)14-17(25)15-22(24)29/h4,17,19-22,24,29H,5-15H2,1-3H3,(H,27,30)(H,31,32,33)/b16-4+/t17-,19-,20+,21+,22-,24+,25+,26-/m1/s1. The molecule has 0 heterocycles. The van der Waals surface area contributed by atoms with Crippen LogP contribution in [0, 0.1) is 40.4 Å². The van der Waals surface area contributed by atoms with E-state index in [2.05, 4.69) is 26.1 Å². The van der Waals surface area contributed by atoms with E-state index >= 15 is 0 Å². The minimum absolute atomic E-state index is 0.0951. The number of aliphatic hydroxyl groups excluding tert-OH is 1. The van der Waals surface area contributed by atoms with Gasteiger partial charge in [0.25, 0.3) is 10.1 Å². The van der Waals surface area contributed by atoms with Gasteiger partial charge in [0, 0.05) is 25.8 Å². The molecule has 1 amide bonds. The molecule has 0 saturated heterocycles. The van der Waals surface area contributed by atoms with Crippen molar-refractivity contribution < 1.29 is 27.7 Å². The molecule has 0 bridgehead atoms. The van der Waals surface area contributed by atoms with Crippen LogP contribution in [0.3, 0.4) is 0 Å². The minimum atomic E-state index is -4.08. The number of rotatable bonds is 6. The zero-order valence-electron chi connectivity index (χ0n) is 20.8. The second-order valence-electron chi connectivity index (χ2n) is 12.0. The normalized spacial score (nSPS) is 42.5. The summed E-state index contributed by atoms with van der Waals surface area (Å²) in [4.78, 5) is 24.3. The van der Waals surface area contributed by atoms with E-state index in [4.69, 9.17) is 4.55 Å². The number of hydrogen-bond acceptors (Lipinski definition) is 5. The van der Waals surface area contributed by atoms with Gasteiger partial charge in [-0.15, -0.1) is 0 Å². The lowest BCUT2D eigenvalue weighted by atomic mass is 9.44. The van der Waals surface area contributed by atoms with Crippen molar-refractivity contribution in [1.82, 2.24) is 5.32 Å². The summed E-state index contributed by atoms with van der Waals surface area (Å²) < 4.78 is 30.4. The summed E-state index contributed by atoms with van der Waals surface area (Å²) in [6, 6.07) is 0. The van der Waals surface area contributed by atoms with Gasteiger partial charge < -0.3 is 10.4 Å². The van der Waals surface area contributed by atoms with Crippen molar-refractivity contribution in [3.8, 4) is 0 Å². The first kappa shape index (κ1) is 25.8. The Morgan fingerprint density at radius 3 is 2.56 bits per heavy atom. The van der Waals surface area contributed by atoms with E-state index in [-0.39, 0.29) is 41.7 Å². The Labute approximate surface area is 203 Å². The minimum Gasteiger partial charge on any atom is -0.393 e. The highest BCUT2D eigenvalue weighted by Crippen LogP contribution is 2.68. The molecule has 4 fully saturated rings. The van der Waals surface area contributed by atoms with Crippen LogP contribution in [0.2, 0.25) is 0 Å². The summed E-state index contributed by atoms with van der Waals surface area (Å²) in [5.41, 5.74) is 1.45. The van der Waals surface area contributed by atoms with Crippen LogP contribution >= 0.6 is 0 Å². The van der Waals surface area contributed by atoms with Gasteiger partial charge in [0.05, 0.1) is 11.9 Å². The molecule has 4 saturated carbocycles. The third kappa shape index (κ3) is 4.74. The number of Topliss-reactive ketones (excluding diaryl/α,β-unsaturated/α-hetero) is 1. The molecular weight excluding hydrogens is 454 g/mol. The van der Waals surface area contributed by atoms with Crippen molar-refractivity contribution in [2.24, 2.45) is 40.4 Å². The first-order valence-electron chi connectivity index (χ1n) is 12.9. The fourth-order valence-electron chi connectivity index (χ4n) is 8.55. The van der Waals surface area contributed by atoms with E-state index < -0.39 is 15.9 Å². The number of aliphatic hydroxyl groups is 1. The fraction of sp³-hybridized carbons (Fsp3) is 0.846. The Morgan fingerprint density at radius 1 is 1.15 bits per heavy atom. The van der Waals surface area contributed by atoms with E-state index in [1.165, 1.54) is 5.57 Å². The second kappa shape index (κ2) is 9.32. The summed E-state index contributed by atoms with van der Waals surface area (Å²) in [6.45, 7) is 6.76. The van der Waals surface area contributed by atoms with Crippen LogP contribution < -0.4 is 5.32 Å². The molecule has 7 nitrogen and oxygen atoms in total. The van der Waals surface area contributed by atoms with Crippen molar-refractivity contribution in [1.29, 1.82) is 0 Å². The van der Waals surface area contributed by atoms with Gasteiger partial charge in [-0.2, -0.15) is 8.42 Å². The van der Waals surface area contributed by atoms with Crippen molar-refractivity contribution in [2.45, 2.75) is 84.7 Å². The molecule has 4 aliphatic rings. The maximum Gasteiger partial charge on any atom is 0.266 e. The number of carbonyl (C=O) groups is 2. The quantitative estimate of drug-likeness (QED) is 0.383. The summed E-state index contributed by atoms with van der Waals surface area (Å²) in [6.07, 6.45) is 9.20. The third-order valence-electron chi connectivity index (χ3n) is 10.3. The van der Waals surface area contributed by atoms with E-state index in [0.29, 0.717) is 42.3 Å². The van der Waals surface area contributed by atoms with Crippen LogP contribution in [0.5, 0.6) is 0 Å². The Morgan fingerprint density at radius 2 is 1.85 bits per heavy atom. The molecule has 0 aliphatic heterocycles. The lowest BCUT2D eigenvalue weighted by Gasteiger charge is -2.61. The average Bonchev–Trinajstić information content (AvgIpc) is 3.09. The molecule has 3 N–H and O–H groups in total. The van der Waals surface area contributed by atoms with Crippen LogP contribution in [0.4, 0.5) is 0 Å². The molecule has 34 heavy (non-hydrogen) atoms. The highest BCUT2D eigenvalue weighted by atomic mass is 32.2. The Bertz CT molecular complexity index is 960. The highest BCUT2D eigenvalue weighted by Gasteiger charge is 2.62. The highest BCUT2D eigenvalue weighted by molar-refractivity contribution is 7.85. The number of hydrogen-bond donors (Lipinski definition) is 3. The van der Waals surface area contributed by atoms with Gasteiger partial charge in [0.1, 0.15) is 5.78 Å². The second-order valence-corrected chi connectivity index (χ2v) is 13.6. The van der Waals surface area contributed by atoms with Gasteiger partial charge in [-0.1, -0.05) is 25.5 Å². The smallest absolute Gasteiger partial charge is 0.266 e. The van der Waals surface area contributed by atoms with Gasteiger partial charge in [0.15, 0.2) is 0 Å². The number of amides is 1. The summed E-state index contributed by atoms with van der Waals surface area (Å²) >= 11 is 0. The molecule has 8 heteroatoms. The van der Waals surface area contributed by atoms with Crippen molar-refractivity contribution >= 4 is 21.8 Å². The van der Waals surface area contributed by atoms with Crippen LogP contribution in [0.1, 0.15) is 78.6 Å². The average molecular weight is 496 g/mol. The summed E-state index contributed by atoms with van der Waals surface area (Å²) in [5, 5.41) is 13.9. The number of allylic oxidation sites excluding steroid dienone is 1. The predicted octanol–water partition coefficient (Wildman–Crippen LogP) is 3.53. The molecule has 0 spiro atoms. The zero-order chi connectivity index (χ0) is 24.9. The van der Waals surface area contributed by atoms with E-state index in [0.717, 1.165) is 38.5 Å². The summed E-state index contributed by atoms with van der Waals surface area (Å²) in [5.74, 6) is 1.52. The predicted molar refractivity (Wildman–Crippen MR) is 129 cm³/mol. The third-order valence-corrected chi connectivity index (χ3v) is 11.1. The molecule has 0 aromatic rings. The Balaban J connectivity index is 1.44. The van der Waals surface area contributed by atoms with Crippen LogP contribution in [-0.2, 0) is 19.7 Å². The molecule has 0 aromatic heterocycles. The number of carbonyl (C=O) groups excluding carboxylic acids is 2. The molecule has 4 rings (SSSR count). The Hall–Kier alpha value is -1.25. The van der Waals surface area contributed by atoms with E-state index in [9.17, 15) is 23.1 Å².